The second kappa shape index (κ2) is 5.68. The molecule has 0 aromatic heterocycles. The third kappa shape index (κ3) is 2.15. The highest BCUT2D eigenvalue weighted by Crippen LogP contribution is 2.73. The van der Waals surface area contributed by atoms with E-state index in [9.17, 15) is 14.4 Å². The highest BCUT2D eigenvalue weighted by atomic mass is 16.6. The van der Waals surface area contributed by atoms with E-state index in [-0.39, 0.29) is 40.7 Å². The van der Waals surface area contributed by atoms with Crippen molar-refractivity contribution < 1.29 is 23.9 Å². The molecule has 1 saturated heterocycles. The minimum Gasteiger partial charge on any atom is -0.463 e. The Morgan fingerprint density at radius 2 is 1.86 bits per heavy atom. The van der Waals surface area contributed by atoms with Crippen LogP contribution in [-0.2, 0) is 23.9 Å². The molecule has 0 bridgehead atoms. The molecule has 9 atom stereocenters. The van der Waals surface area contributed by atoms with Gasteiger partial charge in [-0.25, -0.2) is 0 Å². The van der Waals surface area contributed by atoms with Gasteiger partial charge in [-0.05, 0) is 68.6 Å². The Labute approximate surface area is 166 Å². The first kappa shape index (κ1) is 18.8. The van der Waals surface area contributed by atoms with Crippen molar-refractivity contribution in [2.24, 2.45) is 34.5 Å². The summed E-state index contributed by atoms with van der Waals surface area (Å²) in [6.45, 7) is 7.57. The fourth-order valence-electron chi connectivity index (χ4n) is 8.44. The molecule has 5 rings (SSSR count). The number of carbonyl (C=O) groups is 3. The first-order valence-corrected chi connectivity index (χ1v) is 11.0. The van der Waals surface area contributed by atoms with Gasteiger partial charge >= 0.3 is 5.97 Å². The third-order valence-electron chi connectivity index (χ3n) is 9.59. The van der Waals surface area contributed by atoms with E-state index in [0.717, 1.165) is 38.5 Å². The van der Waals surface area contributed by atoms with Crippen LogP contribution in [0.4, 0.5) is 0 Å². The van der Waals surface area contributed by atoms with Gasteiger partial charge in [-0.2, -0.15) is 0 Å². The number of Topliss-reactive ketones (excluding diaryl/α,β-unsaturated/α-hetero) is 2. The van der Waals surface area contributed by atoms with Crippen LogP contribution in [0.15, 0.2) is 0 Å². The lowest BCUT2D eigenvalue weighted by atomic mass is 9.44. The summed E-state index contributed by atoms with van der Waals surface area (Å²) < 4.78 is 11.4. The van der Waals surface area contributed by atoms with Gasteiger partial charge in [0.1, 0.15) is 11.9 Å². The van der Waals surface area contributed by atoms with Crippen LogP contribution in [0.3, 0.4) is 0 Å². The molecule has 0 unspecified atom stereocenters. The van der Waals surface area contributed by atoms with Gasteiger partial charge in [0.2, 0.25) is 0 Å². The molecule has 0 aromatic carbocycles. The maximum Gasteiger partial charge on any atom is 0.302 e. The van der Waals surface area contributed by atoms with Crippen molar-refractivity contribution in [2.45, 2.75) is 90.4 Å². The van der Waals surface area contributed by atoms with Crippen molar-refractivity contribution in [3.8, 4) is 0 Å². The summed E-state index contributed by atoms with van der Waals surface area (Å²) in [4.78, 5) is 37.4. The molecule has 0 aromatic rings. The number of fused-ring (bicyclic) bond motifs is 7. The average molecular weight is 389 g/mol. The van der Waals surface area contributed by atoms with Gasteiger partial charge in [0.15, 0.2) is 11.4 Å². The Balaban J connectivity index is 1.44. The van der Waals surface area contributed by atoms with Gasteiger partial charge in [0.25, 0.3) is 0 Å². The van der Waals surface area contributed by atoms with Crippen molar-refractivity contribution in [3.05, 3.63) is 0 Å². The molecule has 0 spiro atoms. The molecule has 5 nitrogen and oxygen atoms in total. The van der Waals surface area contributed by atoms with Gasteiger partial charge in [-0.1, -0.05) is 13.8 Å². The monoisotopic (exact) mass is 388 g/mol. The number of carbonyl (C=O) groups excluding carboxylic acids is 3. The lowest BCUT2D eigenvalue weighted by Gasteiger charge is -2.60. The molecule has 0 N–H and O–H groups in total. The highest BCUT2D eigenvalue weighted by molar-refractivity contribution is 5.93. The van der Waals surface area contributed by atoms with E-state index in [2.05, 4.69) is 13.8 Å². The second-order valence-electron chi connectivity index (χ2n) is 10.7. The highest BCUT2D eigenvalue weighted by Gasteiger charge is 2.80. The lowest BCUT2D eigenvalue weighted by molar-refractivity contribution is -0.174. The van der Waals surface area contributed by atoms with Crippen LogP contribution in [0.25, 0.3) is 0 Å². The first-order chi connectivity index (χ1) is 13.1. The summed E-state index contributed by atoms with van der Waals surface area (Å²) in [5.74, 6) is 1.55. The number of hydrogen-bond acceptors (Lipinski definition) is 5. The van der Waals surface area contributed by atoms with Crippen molar-refractivity contribution >= 4 is 17.5 Å². The maximum atomic E-state index is 13.6. The first-order valence-electron chi connectivity index (χ1n) is 11.0. The lowest BCUT2D eigenvalue weighted by Crippen LogP contribution is -2.60. The minimum atomic E-state index is -0.691. The SMILES string of the molecule is CC(=O)O[C@H]1CC[C@@]2(C)[C@@H](CC[C@@H]3[C@@H]2C(=O)C[C@@]2(C)[C@H]3C[C@@H]3O[C@@]32C(C)=O)C1. The molecule has 5 heteroatoms. The summed E-state index contributed by atoms with van der Waals surface area (Å²) in [7, 11) is 0. The average Bonchev–Trinajstić information content (AvgIpc) is 3.28. The topological polar surface area (TPSA) is 73.0 Å². The molecule has 4 aliphatic carbocycles. The number of rotatable bonds is 2. The zero-order chi connectivity index (χ0) is 20.1. The zero-order valence-corrected chi connectivity index (χ0v) is 17.5. The summed E-state index contributed by atoms with van der Waals surface area (Å²) >= 11 is 0. The summed E-state index contributed by atoms with van der Waals surface area (Å²) in [5, 5.41) is 0. The number of ketones is 2. The van der Waals surface area contributed by atoms with Crippen LogP contribution in [0.2, 0.25) is 0 Å². The fourth-order valence-corrected chi connectivity index (χ4v) is 8.44. The Kier molecular flexibility index (Phi) is 3.81. The van der Waals surface area contributed by atoms with E-state index in [1.54, 1.807) is 6.92 Å². The predicted octanol–water partition coefficient (Wildman–Crippen LogP) is 3.48. The van der Waals surface area contributed by atoms with Gasteiger partial charge < -0.3 is 9.47 Å². The van der Waals surface area contributed by atoms with Gasteiger partial charge in [0, 0.05) is 24.7 Å². The van der Waals surface area contributed by atoms with E-state index in [1.165, 1.54) is 6.92 Å². The van der Waals surface area contributed by atoms with E-state index < -0.39 is 5.60 Å². The number of esters is 1. The molecule has 28 heavy (non-hydrogen) atoms. The normalized spacial score (nSPS) is 54.1. The Morgan fingerprint density at radius 1 is 1.11 bits per heavy atom. The molecule has 0 amide bonds. The van der Waals surface area contributed by atoms with Crippen LogP contribution in [-0.4, -0.2) is 35.3 Å². The van der Waals surface area contributed by atoms with Crippen LogP contribution in [0.1, 0.15) is 72.6 Å². The molecule has 4 saturated carbocycles. The fraction of sp³-hybridized carbons (Fsp3) is 0.870. The quantitative estimate of drug-likeness (QED) is 0.535. The number of ether oxygens (including phenoxy) is 2. The maximum absolute atomic E-state index is 13.6. The molecular weight excluding hydrogens is 356 g/mol. The van der Waals surface area contributed by atoms with E-state index in [1.807, 2.05) is 0 Å². The van der Waals surface area contributed by atoms with Gasteiger partial charge in [0.05, 0.1) is 6.10 Å². The molecule has 0 radical (unpaired) electrons. The predicted molar refractivity (Wildman–Crippen MR) is 101 cm³/mol. The zero-order valence-electron chi connectivity index (χ0n) is 17.5. The Morgan fingerprint density at radius 3 is 2.54 bits per heavy atom. The van der Waals surface area contributed by atoms with Crippen LogP contribution >= 0.6 is 0 Å². The van der Waals surface area contributed by atoms with Crippen molar-refractivity contribution in [3.63, 3.8) is 0 Å². The second-order valence-corrected chi connectivity index (χ2v) is 10.7. The standard InChI is InChI=1S/C23H32O5/c1-12(24)23-19(28-23)10-17-16-6-5-14-9-15(27-13(2)25)7-8-21(14,3)20(16)18(26)11-22(17,23)4/h14-17,19-20H,5-11H2,1-4H3/t14-,15-,16-,17-,19-,20+,21-,22-,23-/m0/s1. The van der Waals surface area contributed by atoms with E-state index in [0.29, 0.717) is 30.0 Å². The van der Waals surface area contributed by atoms with Crippen LogP contribution in [0, 0.1) is 34.5 Å². The molecule has 5 fully saturated rings. The minimum absolute atomic E-state index is 0.00425. The molecule has 1 heterocycles. The largest absolute Gasteiger partial charge is 0.463 e. The molecule has 5 aliphatic rings. The third-order valence-corrected chi connectivity index (χ3v) is 9.59. The van der Waals surface area contributed by atoms with Crippen molar-refractivity contribution in [1.29, 1.82) is 0 Å². The van der Waals surface area contributed by atoms with Crippen molar-refractivity contribution in [1.82, 2.24) is 0 Å². The molecule has 154 valence electrons. The summed E-state index contributed by atoms with van der Waals surface area (Å²) in [6, 6.07) is 0. The number of epoxide rings is 1. The molecular formula is C23H32O5. The molecule has 1 aliphatic heterocycles. The summed E-state index contributed by atoms with van der Waals surface area (Å²) in [6.07, 6.45) is 6.26. The smallest absolute Gasteiger partial charge is 0.302 e. The van der Waals surface area contributed by atoms with Crippen LogP contribution < -0.4 is 0 Å². The van der Waals surface area contributed by atoms with Gasteiger partial charge in [-0.15, -0.1) is 0 Å². The van der Waals surface area contributed by atoms with Crippen LogP contribution in [0.5, 0.6) is 0 Å². The van der Waals surface area contributed by atoms with E-state index >= 15 is 0 Å². The Hall–Kier alpha value is -1.23. The summed E-state index contributed by atoms with van der Waals surface area (Å²) in [5.41, 5.74) is -1.03. The van der Waals surface area contributed by atoms with Crippen molar-refractivity contribution in [2.75, 3.05) is 0 Å². The Bertz CT molecular complexity index is 760. The van der Waals surface area contributed by atoms with E-state index in [4.69, 9.17) is 9.47 Å². The van der Waals surface area contributed by atoms with Gasteiger partial charge in [-0.3, -0.25) is 14.4 Å². The number of hydrogen-bond donors (Lipinski definition) is 0.